The lowest BCUT2D eigenvalue weighted by Gasteiger charge is -2.25. The smallest absolute Gasteiger partial charge is 0.0698 e. The first-order chi connectivity index (χ1) is 8.36. The van der Waals surface area contributed by atoms with Gasteiger partial charge in [-0.1, -0.05) is 13.3 Å². The average molecular weight is 244 g/mol. The molecule has 1 fully saturated rings. The number of unbranched alkanes of at least 4 members (excludes halogenated alkanes) is 1. The SMILES string of the molecule is CCCCN(CCOCCO)CC1CCCN1. The number of nitrogens with one attached hydrogen (secondary N) is 1. The second-order valence-electron chi connectivity index (χ2n) is 4.78. The zero-order valence-electron chi connectivity index (χ0n) is 11.2. The van der Waals surface area contributed by atoms with Crippen LogP contribution in [0.2, 0.25) is 0 Å². The van der Waals surface area contributed by atoms with E-state index >= 15 is 0 Å². The molecule has 4 nitrogen and oxygen atoms in total. The third-order valence-electron chi connectivity index (χ3n) is 3.26. The fourth-order valence-electron chi connectivity index (χ4n) is 2.26. The molecule has 102 valence electrons. The third kappa shape index (κ3) is 6.99. The van der Waals surface area contributed by atoms with Crippen molar-refractivity contribution in [3.8, 4) is 0 Å². The van der Waals surface area contributed by atoms with Gasteiger partial charge in [-0.3, -0.25) is 4.90 Å². The lowest BCUT2D eigenvalue weighted by molar-refractivity contribution is 0.0715. The Morgan fingerprint density at radius 1 is 1.35 bits per heavy atom. The van der Waals surface area contributed by atoms with Crippen LogP contribution in [-0.4, -0.2) is 62.0 Å². The van der Waals surface area contributed by atoms with E-state index in [2.05, 4.69) is 17.1 Å². The normalized spacial score (nSPS) is 20.3. The Morgan fingerprint density at radius 2 is 2.24 bits per heavy atom. The summed E-state index contributed by atoms with van der Waals surface area (Å²) in [6, 6.07) is 0.671. The molecule has 1 aliphatic rings. The molecule has 4 heteroatoms. The predicted molar refractivity (Wildman–Crippen MR) is 70.3 cm³/mol. The van der Waals surface area contributed by atoms with Crippen LogP contribution in [0.3, 0.4) is 0 Å². The van der Waals surface area contributed by atoms with Crippen LogP contribution in [0, 0.1) is 0 Å². The maximum atomic E-state index is 8.65. The maximum Gasteiger partial charge on any atom is 0.0698 e. The highest BCUT2D eigenvalue weighted by Crippen LogP contribution is 2.07. The van der Waals surface area contributed by atoms with Gasteiger partial charge in [0.05, 0.1) is 19.8 Å². The fourth-order valence-corrected chi connectivity index (χ4v) is 2.26. The Bertz CT molecular complexity index is 173. The summed E-state index contributed by atoms with van der Waals surface area (Å²) >= 11 is 0. The molecule has 1 atom stereocenters. The summed E-state index contributed by atoms with van der Waals surface area (Å²) in [7, 11) is 0. The lowest BCUT2D eigenvalue weighted by Crippen LogP contribution is -2.39. The first kappa shape index (κ1) is 14.9. The van der Waals surface area contributed by atoms with Gasteiger partial charge in [0.2, 0.25) is 0 Å². The Labute approximate surface area is 105 Å². The molecule has 0 bridgehead atoms. The Kier molecular flexibility index (Phi) is 8.61. The van der Waals surface area contributed by atoms with E-state index in [9.17, 15) is 0 Å². The van der Waals surface area contributed by atoms with Crippen LogP contribution in [-0.2, 0) is 4.74 Å². The minimum atomic E-state index is 0.124. The number of rotatable bonds is 10. The zero-order chi connectivity index (χ0) is 12.3. The minimum absolute atomic E-state index is 0.124. The van der Waals surface area contributed by atoms with Crippen molar-refractivity contribution in [1.29, 1.82) is 0 Å². The second kappa shape index (κ2) is 9.83. The standard InChI is InChI=1S/C13H28N2O2/c1-2-3-7-15(8-10-17-11-9-16)12-13-5-4-6-14-13/h13-14,16H,2-12H2,1H3. The Balaban J connectivity index is 2.16. The molecule has 0 radical (unpaired) electrons. The van der Waals surface area contributed by atoms with E-state index in [0.717, 1.165) is 26.2 Å². The van der Waals surface area contributed by atoms with E-state index in [4.69, 9.17) is 9.84 Å². The van der Waals surface area contributed by atoms with Crippen LogP contribution in [0.1, 0.15) is 32.6 Å². The molecule has 1 unspecified atom stereocenters. The van der Waals surface area contributed by atoms with Crippen molar-refractivity contribution in [1.82, 2.24) is 10.2 Å². The topological polar surface area (TPSA) is 44.7 Å². The summed E-state index contributed by atoms with van der Waals surface area (Å²) in [5, 5.41) is 12.2. The summed E-state index contributed by atoms with van der Waals surface area (Å²) in [4.78, 5) is 2.49. The fraction of sp³-hybridized carbons (Fsp3) is 1.00. The quantitative estimate of drug-likeness (QED) is 0.559. The molecule has 0 aromatic carbocycles. The predicted octanol–water partition coefficient (Wildman–Crippen LogP) is 0.849. The highest BCUT2D eigenvalue weighted by atomic mass is 16.5. The van der Waals surface area contributed by atoms with Crippen LogP contribution in [0.5, 0.6) is 0 Å². The third-order valence-corrected chi connectivity index (χ3v) is 3.26. The second-order valence-corrected chi connectivity index (χ2v) is 4.78. The molecule has 17 heavy (non-hydrogen) atoms. The highest BCUT2D eigenvalue weighted by Gasteiger charge is 2.17. The number of hydrogen-bond acceptors (Lipinski definition) is 4. The molecule has 0 amide bonds. The van der Waals surface area contributed by atoms with Crippen LogP contribution in [0.15, 0.2) is 0 Å². The number of aliphatic hydroxyl groups excluding tert-OH is 1. The van der Waals surface area contributed by atoms with Gasteiger partial charge < -0.3 is 15.2 Å². The molecule has 2 N–H and O–H groups in total. The zero-order valence-corrected chi connectivity index (χ0v) is 11.2. The monoisotopic (exact) mass is 244 g/mol. The van der Waals surface area contributed by atoms with E-state index in [1.165, 1.54) is 32.2 Å². The first-order valence-electron chi connectivity index (χ1n) is 7.01. The summed E-state index contributed by atoms with van der Waals surface area (Å²) < 4.78 is 5.35. The van der Waals surface area contributed by atoms with Crippen LogP contribution in [0.25, 0.3) is 0 Å². The molecule has 1 heterocycles. The van der Waals surface area contributed by atoms with Gasteiger partial charge in [-0.2, -0.15) is 0 Å². The largest absolute Gasteiger partial charge is 0.394 e. The minimum Gasteiger partial charge on any atom is -0.394 e. The van der Waals surface area contributed by atoms with Gasteiger partial charge in [-0.15, -0.1) is 0 Å². The van der Waals surface area contributed by atoms with Crippen LogP contribution in [0.4, 0.5) is 0 Å². The average Bonchev–Trinajstić information content (AvgIpc) is 2.84. The molecule has 1 aliphatic heterocycles. The summed E-state index contributed by atoms with van der Waals surface area (Å²) in [6.45, 7) is 8.01. The van der Waals surface area contributed by atoms with E-state index in [0.29, 0.717) is 12.6 Å². The van der Waals surface area contributed by atoms with Crippen LogP contribution < -0.4 is 5.32 Å². The van der Waals surface area contributed by atoms with Gasteiger partial charge in [0.15, 0.2) is 0 Å². The van der Waals surface area contributed by atoms with E-state index in [-0.39, 0.29) is 6.61 Å². The molecule has 0 aromatic rings. The molecule has 0 aromatic heterocycles. The van der Waals surface area contributed by atoms with E-state index < -0.39 is 0 Å². The van der Waals surface area contributed by atoms with Gasteiger partial charge in [0, 0.05) is 19.1 Å². The number of ether oxygens (including phenoxy) is 1. The Morgan fingerprint density at radius 3 is 2.88 bits per heavy atom. The number of nitrogens with zero attached hydrogens (tertiary/aromatic N) is 1. The van der Waals surface area contributed by atoms with Crippen molar-refractivity contribution < 1.29 is 9.84 Å². The molecular weight excluding hydrogens is 216 g/mol. The summed E-state index contributed by atoms with van der Waals surface area (Å²) in [6.07, 6.45) is 5.12. The van der Waals surface area contributed by atoms with Crippen LogP contribution >= 0.6 is 0 Å². The molecular formula is C13H28N2O2. The van der Waals surface area contributed by atoms with Gasteiger partial charge in [0.1, 0.15) is 0 Å². The summed E-state index contributed by atoms with van der Waals surface area (Å²) in [5.74, 6) is 0. The first-order valence-corrected chi connectivity index (χ1v) is 7.01. The molecule has 0 spiro atoms. The van der Waals surface area contributed by atoms with Gasteiger partial charge in [-0.05, 0) is 32.4 Å². The number of aliphatic hydroxyl groups is 1. The maximum absolute atomic E-state index is 8.65. The molecule has 1 rings (SSSR count). The molecule has 0 saturated carbocycles. The van der Waals surface area contributed by atoms with Crippen molar-refractivity contribution in [3.63, 3.8) is 0 Å². The van der Waals surface area contributed by atoms with E-state index in [1.807, 2.05) is 0 Å². The van der Waals surface area contributed by atoms with Crippen molar-refractivity contribution >= 4 is 0 Å². The van der Waals surface area contributed by atoms with Gasteiger partial charge in [-0.25, -0.2) is 0 Å². The van der Waals surface area contributed by atoms with Crippen molar-refractivity contribution in [2.45, 2.75) is 38.6 Å². The van der Waals surface area contributed by atoms with Gasteiger partial charge in [0.25, 0.3) is 0 Å². The van der Waals surface area contributed by atoms with Gasteiger partial charge >= 0.3 is 0 Å². The van der Waals surface area contributed by atoms with Crippen molar-refractivity contribution in [3.05, 3.63) is 0 Å². The molecule has 0 aliphatic carbocycles. The summed E-state index contributed by atoms with van der Waals surface area (Å²) in [5.41, 5.74) is 0. The molecule has 1 saturated heterocycles. The number of hydrogen-bond donors (Lipinski definition) is 2. The van der Waals surface area contributed by atoms with E-state index in [1.54, 1.807) is 0 Å². The van der Waals surface area contributed by atoms with Crippen molar-refractivity contribution in [2.75, 3.05) is 46.0 Å². The Hall–Kier alpha value is -0.160. The lowest BCUT2D eigenvalue weighted by atomic mass is 10.2. The van der Waals surface area contributed by atoms with Crippen molar-refractivity contribution in [2.24, 2.45) is 0 Å². The highest BCUT2D eigenvalue weighted by molar-refractivity contribution is 4.77.